The van der Waals surface area contributed by atoms with E-state index in [1.54, 1.807) is 20.8 Å². The van der Waals surface area contributed by atoms with Gasteiger partial charge >= 0.3 is 6.09 Å². The lowest BCUT2D eigenvalue weighted by Crippen LogP contribution is -2.54. The van der Waals surface area contributed by atoms with Gasteiger partial charge < -0.3 is 24.9 Å². The summed E-state index contributed by atoms with van der Waals surface area (Å²) in [4.78, 5) is 37.1. The van der Waals surface area contributed by atoms with E-state index in [9.17, 15) is 19.5 Å². The van der Waals surface area contributed by atoms with Gasteiger partial charge in [-0.2, -0.15) is 0 Å². The Morgan fingerprint density at radius 2 is 1.91 bits per heavy atom. The van der Waals surface area contributed by atoms with E-state index in [0.29, 0.717) is 25.8 Å². The number of aliphatic carboxylic acids is 1. The average Bonchev–Trinajstić information content (AvgIpc) is 2.83. The molecule has 1 N–H and O–H groups in total. The number of carbonyl (C=O) groups is 3. The first-order chi connectivity index (χ1) is 10.5. The number of carboxylic acids is 1. The van der Waals surface area contributed by atoms with E-state index >= 15 is 0 Å². The molecular weight excluding hydrogens is 300 g/mol. The average molecular weight is 327 g/mol. The fraction of sp³-hybridized carbons (Fsp3) is 0.812. The molecule has 1 aliphatic rings. The predicted molar refractivity (Wildman–Crippen MR) is 82.4 cm³/mol. The maximum atomic E-state index is 12.7. The minimum Gasteiger partial charge on any atom is -0.548 e. The first-order valence-electron chi connectivity index (χ1n) is 8.02. The fourth-order valence-corrected chi connectivity index (χ4v) is 2.62. The number of amides is 2. The van der Waals surface area contributed by atoms with Crippen molar-refractivity contribution >= 4 is 18.0 Å². The summed E-state index contributed by atoms with van der Waals surface area (Å²) in [6.07, 6.45) is 0.731. The molecule has 132 valence electrons. The molecule has 7 heteroatoms. The fourth-order valence-electron chi connectivity index (χ4n) is 2.62. The third-order valence-corrected chi connectivity index (χ3v) is 3.50. The maximum absolute atomic E-state index is 12.7. The van der Waals surface area contributed by atoms with Gasteiger partial charge in [-0.25, -0.2) is 4.79 Å². The van der Waals surface area contributed by atoms with Crippen molar-refractivity contribution in [1.82, 2.24) is 10.2 Å². The van der Waals surface area contributed by atoms with E-state index in [-0.39, 0.29) is 5.92 Å². The molecule has 0 bridgehead atoms. The van der Waals surface area contributed by atoms with Crippen LogP contribution < -0.4 is 10.4 Å². The normalized spacial score (nSPS) is 19.6. The molecule has 0 saturated carbocycles. The van der Waals surface area contributed by atoms with Crippen molar-refractivity contribution in [3.63, 3.8) is 0 Å². The highest BCUT2D eigenvalue weighted by Gasteiger charge is 2.35. The molecule has 1 heterocycles. The van der Waals surface area contributed by atoms with Gasteiger partial charge in [0.05, 0.1) is 12.0 Å². The highest BCUT2D eigenvalue weighted by Crippen LogP contribution is 2.20. The lowest BCUT2D eigenvalue weighted by Gasteiger charge is -2.31. The Labute approximate surface area is 137 Å². The third kappa shape index (κ3) is 6.08. The van der Waals surface area contributed by atoms with Gasteiger partial charge in [-0.3, -0.25) is 4.79 Å². The lowest BCUT2D eigenvalue weighted by atomic mass is 10.0. The number of hydrogen-bond donors (Lipinski definition) is 1. The van der Waals surface area contributed by atoms with Crippen molar-refractivity contribution in [2.75, 3.05) is 6.54 Å². The first-order valence-corrected chi connectivity index (χ1v) is 8.02. The number of rotatable bonds is 5. The number of ether oxygens (including phenoxy) is 1. The summed E-state index contributed by atoms with van der Waals surface area (Å²) in [5.41, 5.74) is -0.670. The van der Waals surface area contributed by atoms with Gasteiger partial charge in [0.25, 0.3) is 0 Å². The first kappa shape index (κ1) is 19.3. The molecule has 2 atom stereocenters. The number of carbonyl (C=O) groups excluding carboxylic acids is 3. The molecule has 0 aromatic heterocycles. The zero-order valence-electron chi connectivity index (χ0n) is 14.5. The van der Waals surface area contributed by atoms with E-state index in [1.165, 1.54) is 4.90 Å². The van der Waals surface area contributed by atoms with Crippen molar-refractivity contribution < 1.29 is 24.2 Å². The Morgan fingerprint density at radius 1 is 1.30 bits per heavy atom. The molecule has 0 aliphatic carbocycles. The largest absolute Gasteiger partial charge is 0.548 e. The van der Waals surface area contributed by atoms with Crippen LogP contribution in [0.4, 0.5) is 4.79 Å². The summed E-state index contributed by atoms with van der Waals surface area (Å²) in [6, 6.07) is -1.72. The number of carboxylic acid groups (broad SMARTS) is 1. The van der Waals surface area contributed by atoms with Crippen LogP contribution in [0.25, 0.3) is 0 Å². The second-order valence-corrected chi connectivity index (χ2v) is 7.34. The van der Waals surface area contributed by atoms with Crippen LogP contribution in [0.5, 0.6) is 0 Å². The van der Waals surface area contributed by atoms with Gasteiger partial charge in [0, 0.05) is 6.54 Å². The molecule has 1 saturated heterocycles. The van der Waals surface area contributed by atoms with Crippen LogP contribution in [-0.4, -0.2) is 47.1 Å². The van der Waals surface area contributed by atoms with E-state index in [0.717, 1.165) is 0 Å². The summed E-state index contributed by atoms with van der Waals surface area (Å²) in [5, 5.41) is 13.7. The molecule has 7 nitrogen and oxygen atoms in total. The van der Waals surface area contributed by atoms with Crippen molar-refractivity contribution in [3.8, 4) is 0 Å². The SMILES string of the molecule is CC(C)C[C@H](NC(=O)OC(C)(C)C)C(=O)N1CCC[C@@H]1C(=O)[O-]. The summed E-state index contributed by atoms with van der Waals surface area (Å²) >= 11 is 0. The quantitative estimate of drug-likeness (QED) is 0.800. The Balaban J connectivity index is 2.82. The molecule has 1 rings (SSSR count). The van der Waals surface area contributed by atoms with Gasteiger partial charge in [0.15, 0.2) is 0 Å². The summed E-state index contributed by atoms with van der Waals surface area (Å²) in [7, 11) is 0. The standard InChI is InChI=1S/C16H28N2O5/c1-10(2)9-11(17-15(22)23-16(3,4)5)13(19)18-8-6-7-12(18)14(20)21/h10-12H,6-9H2,1-5H3,(H,17,22)(H,20,21)/p-1/t11-,12+/m0/s1. The number of alkyl carbamates (subject to hydrolysis) is 1. The number of nitrogens with one attached hydrogen (secondary N) is 1. The Bertz CT molecular complexity index is 456. The predicted octanol–water partition coefficient (Wildman–Crippen LogP) is 0.667. The Hall–Kier alpha value is -1.79. The van der Waals surface area contributed by atoms with Crippen molar-refractivity contribution in [2.24, 2.45) is 5.92 Å². The highest BCUT2D eigenvalue weighted by molar-refractivity contribution is 5.89. The number of nitrogens with zero attached hydrogens (tertiary/aromatic N) is 1. The molecule has 0 aromatic carbocycles. The third-order valence-electron chi connectivity index (χ3n) is 3.50. The second-order valence-electron chi connectivity index (χ2n) is 7.34. The van der Waals surface area contributed by atoms with Gasteiger partial charge in [-0.1, -0.05) is 13.8 Å². The van der Waals surface area contributed by atoms with Crippen LogP contribution in [0.1, 0.15) is 53.9 Å². The Kier molecular flexibility index (Phi) is 6.41. The minimum absolute atomic E-state index is 0.155. The van der Waals surface area contributed by atoms with E-state index in [2.05, 4.69) is 5.32 Å². The van der Waals surface area contributed by atoms with Crippen LogP contribution >= 0.6 is 0 Å². The van der Waals surface area contributed by atoms with Crippen molar-refractivity contribution in [1.29, 1.82) is 0 Å². The molecule has 0 spiro atoms. The highest BCUT2D eigenvalue weighted by atomic mass is 16.6. The Morgan fingerprint density at radius 3 is 2.39 bits per heavy atom. The smallest absolute Gasteiger partial charge is 0.408 e. The van der Waals surface area contributed by atoms with Crippen molar-refractivity contribution in [3.05, 3.63) is 0 Å². The van der Waals surface area contributed by atoms with E-state index in [4.69, 9.17) is 4.74 Å². The van der Waals surface area contributed by atoms with Gasteiger partial charge in [-0.05, 0) is 46.0 Å². The summed E-state index contributed by atoms with van der Waals surface area (Å²) in [5.74, 6) is -1.49. The maximum Gasteiger partial charge on any atom is 0.408 e. The zero-order valence-corrected chi connectivity index (χ0v) is 14.5. The molecular formula is C16H27N2O5-. The van der Waals surface area contributed by atoms with E-state index < -0.39 is 35.7 Å². The van der Waals surface area contributed by atoms with Crippen molar-refractivity contribution in [2.45, 2.75) is 71.6 Å². The zero-order chi connectivity index (χ0) is 17.8. The van der Waals surface area contributed by atoms with Gasteiger partial charge in [-0.15, -0.1) is 0 Å². The summed E-state index contributed by atoms with van der Waals surface area (Å²) in [6.45, 7) is 9.42. The molecule has 23 heavy (non-hydrogen) atoms. The van der Waals surface area contributed by atoms with Gasteiger partial charge in [0.2, 0.25) is 5.91 Å². The lowest BCUT2D eigenvalue weighted by molar-refractivity contribution is -0.310. The number of hydrogen-bond acceptors (Lipinski definition) is 5. The topological polar surface area (TPSA) is 98.8 Å². The van der Waals surface area contributed by atoms with Gasteiger partial charge in [0.1, 0.15) is 11.6 Å². The number of likely N-dealkylation sites (tertiary alicyclic amines) is 1. The molecule has 0 radical (unpaired) electrons. The van der Waals surface area contributed by atoms with Crippen LogP contribution in [0, 0.1) is 5.92 Å². The molecule has 2 amide bonds. The molecule has 1 fully saturated rings. The second kappa shape index (κ2) is 7.66. The van der Waals surface area contributed by atoms with E-state index in [1.807, 2.05) is 13.8 Å². The molecule has 1 aliphatic heterocycles. The monoisotopic (exact) mass is 327 g/mol. The molecule has 0 unspecified atom stereocenters. The summed E-state index contributed by atoms with van der Waals surface area (Å²) < 4.78 is 5.19. The minimum atomic E-state index is -1.25. The van der Waals surface area contributed by atoms with Crippen LogP contribution in [0.3, 0.4) is 0 Å². The van der Waals surface area contributed by atoms with Crippen LogP contribution in [-0.2, 0) is 14.3 Å². The van der Waals surface area contributed by atoms with Crippen LogP contribution in [0.15, 0.2) is 0 Å². The van der Waals surface area contributed by atoms with Crippen LogP contribution in [0.2, 0.25) is 0 Å². The molecule has 0 aromatic rings.